The topological polar surface area (TPSA) is 169 Å². The van der Waals surface area contributed by atoms with E-state index in [1.165, 1.54) is 7.11 Å². The van der Waals surface area contributed by atoms with Crippen LogP contribution >= 0.6 is 0 Å². The van der Waals surface area contributed by atoms with Gasteiger partial charge in [0.15, 0.2) is 18.0 Å². The minimum Gasteiger partial charge on any atom is -0.426 e. The molecule has 14 nitrogen and oxygen atoms in total. The monoisotopic (exact) mass is 768 g/mol. The van der Waals surface area contributed by atoms with E-state index in [1.54, 1.807) is 46.2 Å². The van der Waals surface area contributed by atoms with Crippen LogP contribution in [0, 0.1) is 29.6 Å². The largest absolute Gasteiger partial charge is 0.509 e. The van der Waals surface area contributed by atoms with E-state index in [-0.39, 0.29) is 30.2 Å². The Bertz CT molecular complexity index is 1690. The standard InChI is InChI=1S/C41H60N4O10/c1-12-28-19-30(46)23(3)34(48)25(5)36(40(7,51-11)20-22(2)33(47)24(4)37-41(28,8)55-39(50)54-37)53-38-35(49)32(44(9)10)31(26(6)52-38)45-21-29(42-43-45)18-27-16-14-13-15-17-27/h13-17,21-26,28,31-32,35-38,49H,12,18-20H2,1-11H3/t22-,23+,24+,25+,26-,28?,31-,32+,35-,36-,37-,38+,40-,41-/m1/s1. The number of benzene rings is 1. The molecule has 1 aromatic carbocycles. The highest BCUT2D eigenvalue weighted by Gasteiger charge is 2.58. The number of aromatic nitrogens is 3. The van der Waals surface area contributed by atoms with Gasteiger partial charge in [-0.25, -0.2) is 9.48 Å². The number of aliphatic hydroxyl groups is 1. The van der Waals surface area contributed by atoms with Gasteiger partial charge in [0.1, 0.15) is 23.5 Å². The van der Waals surface area contributed by atoms with Crippen molar-refractivity contribution >= 4 is 23.5 Å². The number of Topliss-reactive ketones (excluding diaryl/α,β-unsaturated/α-hetero) is 3. The number of aliphatic hydroxyl groups excluding tert-OH is 1. The predicted molar refractivity (Wildman–Crippen MR) is 201 cm³/mol. The number of ether oxygens (including phenoxy) is 5. The summed E-state index contributed by atoms with van der Waals surface area (Å²) in [7, 11) is 5.19. The maximum atomic E-state index is 14.4. The third-order valence-corrected chi connectivity index (χ3v) is 12.6. The smallest absolute Gasteiger partial charge is 0.426 e. The van der Waals surface area contributed by atoms with Crippen molar-refractivity contribution < 1.29 is 48.0 Å². The Morgan fingerprint density at radius 1 is 1.00 bits per heavy atom. The Labute approximate surface area is 324 Å². The number of carbonyl (C=O) groups excluding carboxylic acids is 4. The maximum absolute atomic E-state index is 14.4. The van der Waals surface area contributed by atoms with Gasteiger partial charge in [-0.2, -0.15) is 0 Å². The van der Waals surface area contributed by atoms with Crippen LogP contribution in [-0.2, 0) is 44.5 Å². The second-order valence-electron chi connectivity index (χ2n) is 16.6. The van der Waals surface area contributed by atoms with E-state index < -0.39 is 89.7 Å². The van der Waals surface area contributed by atoms with Crippen LogP contribution in [0.2, 0.25) is 0 Å². The number of ketones is 3. The van der Waals surface area contributed by atoms with Crippen LogP contribution in [0.5, 0.6) is 0 Å². The summed E-state index contributed by atoms with van der Waals surface area (Å²) in [6.07, 6.45) is -2.95. The van der Waals surface area contributed by atoms with Gasteiger partial charge >= 0.3 is 6.16 Å². The molecule has 1 aromatic heterocycles. The van der Waals surface area contributed by atoms with E-state index in [9.17, 15) is 24.3 Å². The number of carbonyl (C=O) groups is 4. The fourth-order valence-electron chi connectivity index (χ4n) is 9.28. The van der Waals surface area contributed by atoms with Crippen molar-refractivity contribution in [2.45, 2.75) is 135 Å². The van der Waals surface area contributed by atoms with Gasteiger partial charge in [-0.15, -0.1) is 5.10 Å². The molecular formula is C41H60N4O10. The first kappa shape index (κ1) is 42.6. The summed E-state index contributed by atoms with van der Waals surface area (Å²) < 4.78 is 32.5. The highest BCUT2D eigenvalue weighted by atomic mass is 16.8. The molecule has 14 atom stereocenters. The molecule has 3 aliphatic rings. The second kappa shape index (κ2) is 16.9. The van der Waals surface area contributed by atoms with E-state index in [0.29, 0.717) is 12.8 Å². The Morgan fingerprint density at radius 3 is 2.29 bits per heavy atom. The average Bonchev–Trinajstić information content (AvgIpc) is 3.74. The molecule has 0 amide bonds. The number of fused-ring (bicyclic) bond motifs is 1. The molecule has 3 heterocycles. The minimum absolute atomic E-state index is 0.0630. The summed E-state index contributed by atoms with van der Waals surface area (Å²) in [5.74, 6) is -4.80. The molecule has 0 bridgehead atoms. The summed E-state index contributed by atoms with van der Waals surface area (Å²) in [5, 5.41) is 20.9. The van der Waals surface area contributed by atoms with Crippen LogP contribution in [0.15, 0.2) is 36.5 Å². The van der Waals surface area contributed by atoms with Crippen molar-refractivity contribution in [2.75, 3.05) is 21.2 Å². The summed E-state index contributed by atoms with van der Waals surface area (Å²) in [6, 6.07) is 8.94. The zero-order valence-electron chi connectivity index (χ0n) is 34.1. The molecule has 304 valence electrons. The van der Waals surface area contributed by atoms with Crippen LogP contribution in [0.3, 0.4) is 0 Å². The van der Waals surface area contributed by atoms with E-state index in [0.717, 1.165) is 11.3 Å². The van der Waals surface area contributed by atoms with Gasteiger partial charge in [-0.3, -0.25) is 14.4 Å². The SMILES string of the molecule is CCC1CC(=O)[C@H](C)C(=O)[C@H](C)[C@@H](O[C@@H]2O[C@H](C)[C@@H](n3cc(Cc4ccccc4)nn3)[C@H](N(C)C)[C@H]2O)[C@](C)(OC)C[C@@H](C)C(=O)[C@H](C)[C@H]2OC(=O)O[C@]12C. The fraction of sp³-hybridized carbons (Fsp3) is 0.707. The van der Waals surface area contributed by atoms with Gasteiger partial charge in [0.25, 0.3) is 0 Å². The molecule has 5 rings (SSSR count). The highest BCUT2D eigenvalue weighted by molar-refractivity contribution is 6.03. The van der Waals surface area contributed by atoms with Crippen molar-refractivity contribution in [1.82, 2.24) is 19.9 Å². The number of hydrogen-bond acceptors (Lipinski definition) is 13. The maximum Gasteiger partial charge on any atom is 0.509 e. The molecular weight excluding hydrogens is 708 g/mol. The molecule has 2 aromatic rings. The van der Waals surface area contributed by atoms with Crippen LogP contribution in [0.25, 0.3) is 0 Å². The number of hydrogen-bond donors (Lipinski definition) is 1. The van der Waals surface area contributed by atoms with E-state index in [2.05, 4.69) is 10.3 Å². The molecule has 0 radical (unpaired) electrons. The lowest BCUT2D eigenvalue weighted by molar-refractivity contribution is -0.305. The summed E-state index contributed by atoms with van der Waals surface area (Å²) in [5.41, 5.74) is -0.687. The third-order valence-electron chi connectivity index (χ3n) is 12.6. The Hall–Kier alpha value is -3.56. The van der Waals surface area contributed by atoms with Gasteiger partial charge in [-0.05, 0) is 60.2 Å². The molecule has 2 aliphatic heterocycles. The van der Waals surface area contributed by atoms with Crippen molar-refractivity contribution in [3.05, 3.63) is 47.8 Å². The van der Waals surface area contributed by atoms with Crippen LogP contribution < -0.4 is 0 Å². The number of methoxy groups -OCH3 is 1. The number of likely N-dealkylation sites (N-methyl/N-ethyl adjacent to an activating group) is 1. The summed E-state index contributed by atoms with van der Waals surface area (Å²) >= 11 is 0. The van der Waals surface area contributed by atoms with E-state index in [1.807, 2.05) is 69.4 Å². The summed E-state index contributed by atoms with van der Waals surface area (Å²) in [6.45, 7) is 14.0. The molecule has 1 N–H and O–H groups in total. The highest BCUT2D eigenvalue weighted by Crippen LogP contribution is 2.44. The van der Waals surface area contributed by atoms with Crippen LogP contribution in [0.4, 0.5) is 4.79 Å². The van der Waals surface area contributed by atoms with E-state index in [4.69, 9.17) is 23.7 Å². The first-order valence-corrected chi connectivity index (χ1v) is 19.5. The molecule has 1 unspecified atom stereocenters. The van der Waals surface area contributed by atoms with Gasteiger partial charge in [-0.1, -0.05) is 63.2 Å². The molecule has 0 spiro atoms. The zero-order chi connectivity index (χ0) is 40.6. The lowest BCUT2D eigenvalue weighted by Crippen LogP contribution is -2.62. The zero-order valence-corrected chi connectivity index (χ0v) is 34.1. The molecule has 14 heteroatoms. The van der Waals surface area contributed by atoms with Crippen LogP contribution in [-0.4, -0.2) is 118 Å². The normalized spacial score (nSPS) is 39.4. The van der Waals surface area contributed by atoms with E-state index >= 15 is 0 Å². The van der Waals surface area contributed by atoms with Crippen molar-refractivity contribution in [2.24, 2.45) is 29.6 Å². The second-order valence-corrected chi connectivity index (χ2v) is 16.6. The quantitative estimate of drug-likeness (QED) is 0.293. The Kier molecular flexibility index (Phi) is 13.1. The molecule has 1 saturated carbocycles. The molecule has 2 saturated heterocycles. The van der Waals surface area contributed by atoms with Gasteiger partial charge < -0.3 is 33.7 Å². The summed E-state index contributed by atoms with van der Waals surface area (Å²) in [4.78, 5) is 56.9. The lowest BCUT2D eigenvalue weighted by atomic mass is 9.70. The fourth-order valence-corrected chi connectivity index (χ4v) is 9.28. The first-order valence-electron chi connectivity index (χ1n) is 19.5. The molecule has 3 fully saturated rings. The molecule has 55 heavy (non-hydrogen) atoms. The van der Waals surface area contributed by atoms with Crippen molar-refractivity contribution in [3.8, 4) is 0 Å². The first-order chi connectivity index (χ1) is 25.9. The van der Waals surface area contributed by atoms with Crippen LogP contribution in [0.1, 0.15) is 92.0 Å². The lowest BCUT2D eigenvalue weighted by Gasteiger charge is -2.49. The van der Waals surface area contributed by atoms with Gasteiger partial charge in [0.05, 0.1) is 47.4 Å². The number of rotatable bonds is 8. The van der Waals surface area contributed by atoms with Gasteiger partial charge in [0.2, 0.25) is 0 Å². The van der Waals surface area contributed by atoms with Crippen molar-refractivity contribution in [3.63, 3.8) is 0 Å². The molecule has 1 aliphatic carbocycles. The minimum atomic E-state index is -1.29. The Balaban J connectivity index is 1.48. The van der Waals surface area contributed by atoms with Crippen molar-refractivity contribution in [1.29, 1.82) is 0 Å². The van der Waals surface area contributed by atoms with Gasteiger partial charge in [0, 0.05) is 43.9 Å². The third kappa shape index (κ3) is 8.44. The number of nitrogens with zero attached hydrogens (tertiary/aromatic N) is 4. The Morgan fingerprint density at radius 2 is 1.67 bits per heavy atom. The average molecular weight is 769 g/mol. The predicted octanol–water partition coefficient (Wildman–Crippen LogP) is 4.60.